The maximum atomic E-state index is 12.8. The van der Waals surface area contributed by atoms with E-state index in [0.29, 0.717) is 21.7 Å². The number of aryl methyl sites for hydroxylation is 2. The number of nitrogens with zero attached hydrogens (tertiary/aromatic N) is 4. The van der Waals surface area contributed by atoms with Crippen LogP contribution in [0.1, 0.15) is 38.0 Å². The fourth-order valence-electron chi connectivity index (χ4n) is 5.50. The lowest BCUT2D eigenvalue weighted by Gasteiger charge is -2.28. The van der Waals surface area contributed by atoms with Crippen LogP contribution in [0.15, 0.2) is 71.7 Å². The molecule has 0 radical (unpaired) electrons. The molecule has 0 fully saturated rings. The monoisotopic (exact) mass is 626 g/mol. The number of fused-ring (bicyclic) bond motifs is 2. The molecule has 0 amide bonds. The van der Waals surface area contributed by atoms with Crippen molar-refractivity contribution >= 4 is 50.0 Å². The van der Waals surface area contributed by atoms with E-state index in [2.05, 4.69) is 4.98 Å². The summed E-state index contributed by atoms with van der Waals surface area (Å²) in [6.45, 7) is 7.43. The summed E-state index contributed by atoms with van der Waals surface area (Å²) in [7, 11) is 3.60. The highest BCUT2D eigenvalue weighted by Crippen LogP contribution is 2.44. The fourth-order valence-corrected chi connectivity index (χ4v) is 6.75. The molecule has 1 unspecified atom stereocenters. The number of hydrogen-bond acceptors (Lipinski definition) is 6. The van der Waals surface area contributed by atoms with E-state index in [9.17, 15) is 14.7 Å². The lowest BCUT2D eigenvalue weighted by molar-refractivity contribution is -0.160. The molecule has 0 saturated carbocycles. The van der Waals surface area contributed by atoms with Crippen LogP contribution in [0.4, 0.5) is 0 Å². The zero-order valence-electron chi connectivity index (χ0n) is 25.2. The van der Waals surface area contributed by atoms with Gasteiger partial charge in [-0.15, -0.1) is 11.3 Å². The van der Waals surface area contributed by atoms with Gasteiger partial charge >= 0.3 is 5.97 Å². The van der Waals surface area contributed by atoms with Gasteiger partial charge in [0.05, 0.1) is 32.4 Å². The molecule has 0 bridgehead atoms. The van der Waals surface area contributed by atoms with Crippen LogP contribution in [0, 0.1) is 6.92 Å². The molecule has 6 aromatic rings. The van der Waals surface area contributed by atoms with Crippen molar-refractivity contribution in [2.24, 2.45) is 14.1 Å². The summed E-state index contributed by atoms with van der Waals surface area (Å²) in [5.74, 6) is -1.06. The van der Waals surface area contributed by atoms with Gasteiger partial charge in [-0.05, 0) is 81.3 Å². The van der Waals surface area contributed by atoms with Gasteiger partial charge in [-0.25, -0.2) is 9.78 Å². The van der Waals surface area contributed by atoms with Gasteiger partial charge in [0.15, 0.2) is 6.10 Å². The average molecular weight is 627 g/mol. The van der Waals surface area contributed by atoms with Crippen LogP contribution in [0.5, 0.6) is 0 Å². The Hall–Kier alpha value is -4.31. The van der Waals surface area contributed by atoms with Gasteiger partial charge < -0.3 is 9.84 Å². The van der Waals surface area contributed by atoms with Gasteiger partial charge in [0.25, 0.3) is 5.56 Å². The zero-order chi connectivity index (χ0) is 31.5. The summed E-state index contributed by atoms with van der Waals surface area (Å²) < 4.78 is 10.4. The van der Waals surface area contributed by atoms with Crippen LogP contribution in [0.3, 0.4) is 0 Å². The number of aromatic nitrogens is 4. The molecule has 0 aliphatic rings. The number of pyridine rings is 1. The predicted octanol–water partition coefficient (Wildman–Crippen LogP) is 7.79. The first-order valence-electron chi connectivity index (χ1n) is 14.1. The first-order chi connectivity index (χ1) is 20.8. The minimum atomic E-state index is -1.19. The second-order valence-electron chi connectivity index (χ2n) is 11.8. The summed E-state index contributed by atoms with van der Waals surface area (Å²) in [5.41, 5.74) is 6.18. The standard InChI is InChI=1S/C34H31ClN4O4S/c1-18-15-25-30(28(19-7-10-22(35)11-8-19)27(18)29(33(41)42)43-34(2,3)4)44-31(37-25)21-13-14-36-24(17-21)20-9-12-26-23(16-20)32(40)39(6)38(26)5/h7-17,29H,1-6H3,(H,41,42). The molecule has 0 spiro atoms. The van der Waals surface area contributed by atoms with E-state index in [1.54, 1.807) is 30.1 Å². The van der Waals surface area contributed by atoms with Crippen molar-refractivity contribution in [3.8, 4) is 33.0 Å². The number of thiazole rings is 1. The predicted molar refractivity (Wildman–Crippen MR) is 176 cm³/mol. The van der Waals surface area contributed by atoms with Gasteiger partial charge in [0, 0.05) is 47.6 Å². The highest BCUT2D eigenvalue weighted by Gasteiger charge is 2.32. The van der Waals surface area contributed by atoms with E-state index >= 15 is 0 Å². The second-order valence-corrected chi connectivity index (χ2v) is 13.3. The minimum Gasteiger partial charge on any atom is -0.479 e. The van der Waals surface area contributed by atoms with Crippen molar-refractivity contribution in [1.29, 1.82) is 0 Å². The quantitative estimate of drug-likeness (QED) is 0.203. The molecular weight excluding hydrogens is 596 g/mol. The molecule has 0 aliphatic carbocycles. The molecule has 6 rings (SSSR count). The maximum Gasteiger partial charge on any atom is 0.337 e. The third-order valence-corrected chi connectivity index (χ3v) is 9.03. The smallest absolute Gasteiger partial charge is 0.337 e. The molecule has 3 aromatic heterocycles. The number of aliphatic carboxylic acids is 1. The number of carboxylic acids is 1. The number of halogens is 1. The molecule has 1 atom stereocenters. The molecule has 10 heteroatoms. The molecule has 0 saturated heterocycles. The Balaban J connectivity index is 1.53. The van der Waals surface area contributed by atoms with E-state index in [4.69, 9.17) is 21.3 Å². The first kappa shape index (κ1) is 29.7. The van der Waals surface area contributed by atoms with Gasteiger partial charge in [-0.3, -0.25) is 19.1 Å². The molecule has 3 aromatic carbocycles. The molecule has 3 heterocycles. The second kappa shape index (κ2) is 11.0. The van der Waals surface area contributed by atoms with Crippen LogP contribution in [-0.4, -0.2) is 36.0 Å². The molecule has 44 heavy (non-hydrogen) atoms. The Bertz CT molecular complexity index is 2140. The van der Waals surface area contributed by atoms with Gasteiger partial charge in [-0.1, -0.05) is 29.8 Å². The normalized spacial score (nSPS) is 12.7. The van der Waals surface area contributed by atoms with Crippen LogP contribution < -0.4 is 5.56 Å². The maximum absolute atomic E-state index is 12.8. The average Bonchev–Trinajstić information content (AvgIpc) is 3.50. The van der Waals surface area contributed by atoms with E-state index in [-0.39, 0.29) is 5.56 Å². The number of benzene rings is 3. The Morgan fingerprint density at radius 1 is 0.977 bits per heavy atom. The van der Waals surface area contributed by atoms with Crippen LogP contribution in [0.25, 0.3) is 54.1 Å². The fraction of sp³-hybridized carbons (Fsp3) is 0.235. The van der Waals surface area contributed by atoms with E-state index < -0.39 is 17.7 Å². The highest BCUT2D eigenvalue weighted by atomic mass is 35.5. The summed E-state index contributed by atoms with van der Waals surface area (Å²) in [4.78, 5) is 35.0. The van der Waals surface area contributed by atoms with Crippen LogP contribution in [-0.2, 0) is 23.6 Å². The Kier molecular flexibility index (Phi) is 7.44. The third kappa shape index (κ3) is 5.32. The molecular formula is C34H31ClN4O4S. The van der Waals surface area contributed by atoms with E-state index in [1.165, 1.54) is 11.3 Å². The molecule has 8 nitrogen and oxygen atoms in total. The summed E-state index contributed by atoms with van der Waals surface area (Å²) in [6, 6.07) is 18.9. The summed E-state index contributed by atoms with van der Waals surface area (Å²) in [5, 5.41) is 12.3. The Labute approximate surface area is 263 Å². The number of ether oxygens (including phenoxy) is 1. The lowest BCUT2D eigenvalue weighted by Crippen LogP contribution is -2.28. The Morgan fingerprint density at radius 3 is 2.36 bits per heavy atom. The van der Waals surface area contributed by atoms with Crippen molar-refractivity contribution in [2.75, 3.05) is 0 Å². The lowest BCUT2D eigenvalue weighted by atomic mass is 9.91. The zero-order valence-corrected chi connectivity index (χ0v) is 26.7. The topological polar surface area (TPSA) is 99.2 Å². The molecule has 224 valence electrons. The number of carbonyl (C=O) groups is 1. The summed E-state index contributed by atoms with van der Waals surface area (Å²) >= 11 is 7.72. The van der Waals surface area contributed by atoms with Gasteiger partial charge in [0.2, 0.25) is 0 Å². The van der Waals surface area contributed by atoms with Crippen LogP contribution >= 0.6 is 22.9 Å². The van der Waals surface area contributed by atoms with Crippen molar-refractivity contribution in [3.05, 3.63) is 93.4 Å². The van der Waals surface area contributed by atoms with Crippen LogP contribution in [0.2, 0.25) is 5.02 Å². The van der Waals surface area contributed by atoms with Gasteiger partial charge in [0.1, 0.15) is 5.01 Å². The Morgan fingerprint density at radius 2 is 1.68 bits per heavy atom. The largest absolute Gasteiger partial charge is 0.479 e. The van der Waals surface area contributed by atoms with Crippen molar-refractivity contribution in [2.45, 2.75) is 39.4 Å². The third-order valence-electron chi connectivity index (χ3n) is 7.64. The molecule has 1 N–H and O–H groups in total. The first-order valence-corrected chi connectivity index (χ1v) is 15.2. The number of carboxylic acid groups (broad SMARTS) is 1. The van der Waals surface area contributed by atoms with Gasteiger partial charge in [-0.2, -0.15) is 0 Å². The van der Waals surface area contributed by atoms with E-state index in [0.717, 1.165) is 48.6 Å². The molecule has 0 aliphatic heterocycles. The van der Waals surface area contributed by atoms with E-state index in [1.807, 2.05) is 88.0 Å². The highest BCUT2D eigenvalue weighted by molar-refractivity contribution is 7.22. The SMILES string of the molecule is Cc1cc2nc(-c3ccnc(-c4ccc5c(c4)c(=O)n(C)n5C)c3)sc2c(-c2ccc(Cl)cc2)c1C(OC(C)(C)C)C(=O)O. The number of rotatable bonds is 6. The number of hydrogen-bond donors (Lipinski definition) is 1. The summed E-state index contributed by atoms with van der Waals surface area (Å²) in [6.07, 6.45) is 0.544. The minimum absolute atomic E-state index is 0.0670. The van der Waals surface area contributed by atoms with Crippen molar-refractivity contribution in [3.63, 3.8) is 0 Å². The van der Waals surface area contributed by atoms with Crippen molar-refractivity contribution < 1.29 is 14.6 Å². The van der Waals surface area contributed by atoms with Crippen molar-refractivity contribution in [1.82, 2.24) is 19.3 Å².